The number of nitrogens with zero attached hydrogens (tertiary/aromatic N) is 3. The Balaban J connectivity index is 0.00000306. The van der Waals surface area contributed by atoms with Gasteiger partial charge in [0.25, 0.3) is 5.91 Å². The Labute approximate surface area is 192 Å². The zero-order valence-electron chi connectivity index (χ0n) is 19.7. The lowest BCUT2D eigenvalue weighted by atomic mass is 9.87. The van der Waals surface area contributed by atoms with Crippen LogP contribution in [-0.4, -0.2) is 58.8 Å². The third kappa shape index (κ3) is 4.66. The summed E-state index contributed by atoms with van der Waals surface area (Å²) in [5.41, 5.74) is 1.30. The van der Waals surface area contributed by atoms with Crippen LogP contribution < -0.4 is 4.90 Å². The first-order valence-corrected chi connectivity index (χ1v) is 11.7. The second-order valence-electron chi connectivity index (χ2n) is 9.78. The van der Waals surface area contributed by atoms with Crippen LogP contribution in [0, 0.1) is 6.92 Å². The van der Waals surface area contributed by atoms with Gasteiger partial charge >= 0.3 is 0 Å². The Morgan fingerprint density at radius 1 is 1.28 bits per heavy atom. The number of piperidine rings is 1. The topological polar surface area (TPSA) is 65.9 Å². The minimum atomic E-state index is -0.920. The highest BCUT2D eigenvalue weighted by atomic mass is 16.5. The second kappa shape index (κ2) is 8.83. The van der Waals surface area contributed by atoms with E-state index < -0.39 is 5.60 Å². The summed E-state index contributed by atoms with van der Waals surface area (Å²) in [6, 6.07) is 11.6. The number of hydrogen-bond donors (Lipinski definition) is 1. The number of pyridine rings is 1. The van der Waals surface area contributed by atoms with Gasteiger partial charge in [0.1, 0.15) is 5.82 Å². The summed E-state index contributed by atoms with van der Waals surface area (Å²) in [5, 5.41) is 10.3. The minimum Gasteiger partial charge on any atom is -0.386 e. The molecule has 0 radical (unpaired) electrons. The first kappa shape index (κ1) is 22.7. The van der Waals surface area contributed by atoms with Crippen molar-refractivity contribution in [3.8, 4) is 0 Å². The monoisotopic (exact) mass is 439 g/mol. The number of anilines is 1. The van der Waals surface area contributed by atoms with Crippen molar-refractivity contribution < 1.29 is 16.1 Å². The first-order chi connectivity index (χ1) is 15.2. The molecular formula is C26H37N3O3. The molecule has 6 heteroatoms. The van der Waals surface area contributed by atoms with Crippen LogP contribution in [0.3, 0.4) is 0 Å². The highest BCUT2D eigenvalue weighted by Crippen LogP contribution is 2.35. The predicted octanol–water partition coefficient (Wildman–Crippen LogP) is 4.15. The maximum atomic E-state index is 13.2. The van der Waals surface area contributed by atoms with E-state index in [1.165, 1.54) is 0 Å². The van der Waals surface area contributed by atoms with Crippen LogP contribution in [0.15, 0.2) is 42.6 Å². The van der Waals surface area contributed by atoms with Gasteiger partial charge in [0.15, 0.2) is 0 Å². The number of carbonyl (C=O) groups excluding carboxylic acids is 1. The van der Waals surface area contributed by atoms with Crippen LogP contribution in [0.4, 0.5) is 5.82 Å². The highest BCUT2D eigenvalue weighted by Gasteiger charge is 2.43. The molecule has 1 amide bonds. The summed E-state index contributed by atoms with van der Waals surface area (Å²) in [4.78, 5) is 22.0. The summed E-state index contributed by atoms with van der Waals surface area (Å²) in [5.74, 6) is 1.05. The molecule has 2 aliphatic rings. The molecule has 4 rings (SSSR count). The number of morpholine rings is 1. The number of rotatable bonds is 4. The summed E-state index contributed by atoms with van der Waals surface area (Å²) in [7, 11) is 0. The zero-order valence-corrected chi connectivity index (χ0v) is 19.7. The Kier molecular flexibility index (Phi) is 6.28. The van der Waals surface area contributed by atoms with Gasteiger partial charge in [-0.25, -0.2) is 4.98 Å². The fourth-order valence-electron chi connectivity index (χ4n) is 5.07. The maximum absolute atomic E-state index is 13.2. The molecular weight excluding hydrogens is 402 g/mol. The number of carbonyl (C=O) groups is 1. The number of aromatic nitrogens is 1. The Bertz CT molecular complexity index is 953. The van der Waals surface area contributed by atoms with Crippen LogP contribution in [0.25, 0.3) is 0 Å². The SMILES string of the molecule is CCC1CN(c2ccccn2)CC2(CCN(C(=O)c3ccc(C(C)(C)O)c(C)c3)CC2)O1.[HH]. The number of hydrogen-bond acceptors (Lipinski definition) is 5. The van der Waals surface area contributed by atoms with Gasteiger partial charge in [-0.05, 0) is 75.4 Å². The van der Waals surface area contributed by atoms with Crippen LogP contribution in [-0.2, 0) is 10.3 Å². The molecule has 174 valence electrons. The van der Waals surface area contributed by atoms with Gasteiger partial charge in [-0.15, -0.1) is 0 Å². The predicted molar refractivity (Wildman–Crippen MR) is 128 cm³/mol. The minimum absolute atomic E-state index is 0. The molecule has 2 aliphatic heterocycles. The van der Waals surface area contributed by atoms with Crippen LogP contribution in [0.5, 0.6) is 0 Å². The Hall–Kier alpha value is -2.44. The molecule has 1 unspecified atom stereocenters. The second-order valence-corrected chi connectivity index (χ2v) is 9.78. The molecule has 1 aromatic carbocycles. The van der Waals surface area contributed by atoms with E-state index in [0.717, 1.165) is 49.3 Å². The van der Waals surface area contributed by atoms with Crippen molar-refractivity contribution in [1.29, 1.82) is 0 Å². The Morgan fingerprint density at radius 2 is 2.03 bits per heavy atom. The van der Waals surface area contributed by atoms with E-state index in [4.69, 9.17) is 4.74 Å². The fourth-order valence-corrected chi connectivity index (χ4v) is 5.07. The lowest BCUT2D eigenvalue weighted by Crippen LogP contribution is -2.60. The number of likely N-dealkylation sites (tertiary alicyclic amines) is 1. The first-order valence-electron chi connectivity index (χ1n) is 11.7. The van der Waals surface area contributed by atoms with E-state index in [1.807, 2.05) is 48.4 Å². The molecule has 3 heterocycles. The molecule has 0 aliphatic carbocycles. The normalized spacial score (nSPS) is 21.1. The van der Waals surface area contributed by atoms with E-state index in [0.29, 0.717) is 18.7 Å². The number of aryl methyl sites for hydroxylation is 1. The number of benzene rings is 1. The van der Waals surface area contributed by atoms with Gasteiger partial charge in [-0.2, -0.15) is 0 Å². The van der Waals surface area contributed by atoms with Crippen LogP contribution in [0.2, 0.25) is 0 Å². The molecule has 1 N–H and O–H groups in total. The molecule has 6 nitrogen and oxygen atoms in total. The van der Waals surface area contributed by atoms with E-state index >= 15 is 0 Å². The van der Waals surface area contributed by atoms with Gasteiger partial charge in [0, 0.05) is 39.4 Å². The smallest absolute Gasteiger partial charge is 0.253 e. The molecule has 1 atom stereocenters. The number of aliphatic hydroxyl groups is 1. The number of ether oxygens (including phenoxy) is 1. The van der Waals surface area contributed by atoms with Crippen molar-refractivity contribution >= 4 is 11.7 Å². The molecule has 32 heavy (non-hydrogen) atoms. The van der Waals surface area contributed by atoms with Crippen LogP contribution >= 0.6 is 0 Å². The van der Waals surface area contributed by atoms with Gasteiger partial charge in [0.05, 0.1) is 17.3 Å². The quantitative estimate of drug-likeness (QED) is 0.775. The summed E-state index contributed by atoms with van der Waals surface area (Å²) >= 11 is 0. The number of amides is 1. The third-order valence-corrected chi connectivity index (χ3v) is 6.84. The summed E-state index contributed by atoms with van der Waals surface area (Å²) in [6.45, 7) is 10.7. The van der Waals surface area contributed by atoms with Crippen molar-refractivity contribution in [3.05, 3.63) is 59.3 Å². The van der Waals surface area contributed by atoms with E-state index in [-0.39, 0.29) is 19.0 Å². The van der Waals surface area contributed by atoms with Gasteiger partial charge < -0.3 is 19.6 Å². The van der Waals surface area contributed by atoms with Crippen molar-refractivity contribution in [2.24, 2.45) is 0 Å². The van der Waals surface area contributed by atoms with E-state index in [2.05, 4.69) is 22.9 Å². The maximum Gasteiger partial charge on any atom is 0.253 e. The lowest BCUT2D eigenvalue weighted by molar-refractivity contribution is -0.130. The fraction of sp³-hybridized carbons (Fsp3) is 0.538. The van der Waals surface area contributed by atoms with Crippen molar-refractivity contribution in [2.75, 3.05) is 31.1 Å². The lowest BCUT2D eigenvalue weighted by Gasteiger charge is -2.50. The van der Waals surface area contributed by atoms with Gasteiger partial charge in [-0.1, -0.05) is 19.1 Å². The van der Waals surface area contributed by atoms with Gasteiger partial charge in [-0.3, -0.25) is 4.79 Å². The van der Waals surface area contributed by atoms with Crippen molar-refractivity contribution in [1.82, 2.24) is 9.88 Å². The van der Waals surface area contributed by atoms with E-state index in [9.17, 15) is 9.90 Å². The van der Waals surface area contributed by atoms with Crippen LogP contribution in [0.1, 0.15) is 62.9 Å². The Morgan fingerprint density at radius 3 is 2.62 bits per heavy atom. The van der Waals surface area contributed by atoms with Crippen molar-refractivity contribution in [3.63, 3.8) is 0 Å². The third-order valence-electron chi connectivity index (χ3n) is 6.84. The summed E-state index contributed by atoms with van der Waals surface area (Å²) in [6.07, 6.45) is 4.61. The largest absolute Gasteiger partial charge is 0.386 e. The average molecular weight is 440 g/mol. The zero-order chi connectivity index (χ0) is 22.9. The molecule has 0 bridgehead atoms. The highest BCUT2D eigenvalue weighted by molar-refractivity contribution is 5.94. The molecule has 1 aromatic heterocycles. The molecule has 1 spiro atoms. The molecule has 0 saturated carbocycles. The summed E-state index contributed by atoms with van der Waals surface area (Å²) < 4.78 is 6.59. The van der Waals surface area contributed by atoms with E-state index in [1.54, 1.807) is 13.8 Å². The molecule has 2 fully saturated rings. The van der Waals surface area contributed by atoms with Gasteiger partial charge in [0.2, 0.25) is 0 Å². The van der Waals surface area contributed by atoms with Crippen molar-refractivity contribution in [2.45, 2.75) is 64.3 Å². The molecule has 2 saturated heterocycles. The average Bonchev–Trinajstić information content (AvgIpc) is 2.78. The molecule has 2 aromatic rings. The standard InChI is InChI=1S/C26H35N3O3.H2/c1-5-21-17-29(23-8-6-7-13-27-23)18-26(32-21)11-14-28(15-12-26)24(30)20-9-10-22(19(2)16-20)25(3,4)31;/h6-10,13,16,21,31H,5,11-12,14-15,17-18H2,1-4H3;1H.